The van der Waals surface area contributed by atoms with E-state index in [9.17, 15) is 19.5 Å². The summed E-state index contributed by atoms with van der Waals surface area (Å²) in [6, 6.07) is 31.4. The number of nitrogens with one attached hydrogen (secondary N) is 2. The third-order valence-corrected chi connectivity index (χ3v) is 7.19. The summed E-state index contributed by atoms with van der Waals surface area (Å²) < 4.78 is 1.39. The van der Waals surface area contributed by atoms with Gasteiger partial charge < -0.3 is 21.5 Å². The van der Waals surface area contributed by atoms with Crippen molar-refractivity contribution in [1.29, 1.82) is 0 Å². The Balaban J connectivity index is 1.46. The summed E-state index contributed by atoms with van der Waals surface area (Å²) in [6.45, 7) is 1.95. The molecule has 5 aromatic carbocycles. The lowest BCUT2D eigenvalue weighted by molar-refractivity contribution is 0.0996. The lowest BCUT2D eigenvalue weighted by Gasteiger charge is -2.13. The predicted octanol–water partition coefficient (Wildman–Crippen LogP) is 7.06. The first-order chi connectivity index (χ1) is 22.3. The third kappa shape index (κ3) is 6.06. The van der Waals surface area contributed by atoms with E-state index in [0.29, 0.717) is 33.4 Å². The van der Waals surface area contributed by atoms with E-state index in [4.69, 9.17) is 5.73 Å². The highest BCUT2D eigenvalue weighted by molar-refractivity contribution is 6.13. The number of nitrogens with two attached hydrogens (primary N) is 1. The van der Waals surface area contributed by atoms with Gasteiger partial charge in [0.1, 0.15) is 11.3 Å². The molecule has 0 bridgehead atoms. The van der Waals surface area contributed by atoms with Crippen LogP contribution in [-0.4, -0.2) is 32.6 Å². The van der Waals surface area contributed by atoms with Crippen LogP contribution in [0.1, 0.15) is 36.6 Å². The van der Waals surface area contributed by atoms with Gasteiger partial charge in [0.05, 0.1) is 17.4 Å². The minimum Gasteiger partial charge on any atom is -0.505 e. The summed E-state index contributed by atoms with van der Waals surface area (Å²) >= 11 is 0. The summed E-state index contributed by atoms with van der Waals surface area (Å²) in [4.78, 5) is 38.9. The van der Waals surface area contributed by atoms with Crippen molar-refractivity contribution >= 4 is 51.4 Å². The zero-order valence-corrected chi connectivity index (χ0v) is 24.5. The zero-order valence-electron chi connectivity index (χ0n) is 24.5. The lowest BCUT2D eigenvalue weighted by Crippen LogP contribution is -2.13. The van der Waals surface area contributed by atoms with E-state index in [0.717, 1.165) is 5.56 Å². The van der Waals surface area contributed by atoms with Gasteiger partial charge in [0, 0.05) is 22.3 Å². The van der Waals surface area contributed by atoms with E-state index in [1.54, 1.807) is 78.9 Å². The molecule has 0 aliphatic heterocycles. The average Bonchev–Trinajstić information content (AvgIpc) is 3.50. The molecule has 3 amide bonds. The Morgan fingerprint density at radius 3 is 2.11 bits per heavy atom. The summed E-state index contributed by atoms with van der Waals surface area (Å²) in [5.41, 5.74) is 8.55. The Labute approximate surface area is 263 Å². The van der Waals surface area contributed by atoms with Gasteiger partial charge in [-0.15, -0.1) is 10.2 Å². The van der Waals surface area contributed by atoms with Crippen LogP contribution in [0.3, 0.4) is 0 Å². The Hall–Kier alpha value is -6.62. The van der Waals surface area contributed by atoms with Crippen molar-refractivity contribution in [2.45, 2.75) is 6.92 Å². The molecule has 11 nitrogen and oxygen atoms in total. The number of azo groups is 1. The van der Waals surface area contributed by atoms with Gasteiger partial charge in [0.25, 0.3) is 17.7 Å². The Bertz CT molecular complexity index is 2120. The predicted molar refractivity (Wildman–Crippen MR) is 175 cm³/mol. The van der Waals surface area contributed by atoms with E-state index in [2.05, 4.69) is 26.0 Å². The maximum absolute atomic E-state index is 13.4. The standard InChI is InChI=1S/C35H27N7O4/c1-21-12-15-25(16-13-21)38-34(45)22-14-17-27-23(18-22)19-28(35(46)39-24-8-4-2-5-9-24)31(43)30(27)40-41-33-29(32(36)44)20-37-42(33)26-10-6-3-7-11-26/h2-20,43H,1H3,(H2,36,44)(H,38,45)(H,39,46). The number of amides is 3. The Kier molecular flexibility index (Phi) is 8.03. The molecule has 0 aliphatic rings. The van der Waals surface area contributed by atoms with Gasteiger partial charge in [-0.25, -0.2) is 4.68 Å². The first kappa shape index (κ1) is 29.5. The van der Waals surface area contributed by atoms with Crippen LogP contribution in [-0.2, 0) is 0 Å². The highest BCUT2D eigenvalue weighted by atomic mass is 16.3. The lowest BCUT2D eigenvalue weighted by atomic mass is 10.00. The normalized spacial score (nSPS) is 11.1. The number of hydrogen-bond donors (Lipinski definition) is 4. The number of aryl methyl sites for hydroxylation is 1. The fourth-order valence-corrected chi connectivity index (χ4v) is 4.82. The highest BCUT2D eigenvalue weighted by Crippen LogP contribution is 2.40. The van der Waals surface area contributed by atoms with Crippen molar-refractivity contribution in [3.8, 4) is 11.4 Å². The number of primary amides is 1. The number of phenolic OH excluding ortho intramolecular Hbond substituents is 1. The molecule has 0 saturated carbocycles. The zero-order chi connectivity index (χ0) is 32.2. The van der Waals surface area contributed by atoms with Crippen molar-refractivity contribution in [3.63, 3.8) is 0 Å². The van der Waals surface area contributed by atoms with Crippen LogP contribution in [0.15, 0.2) is 126 Å². The molecular weight excluding hydrogens is 582 g/mol. The van der Waals surface area contributed by atoms with Crippen LogP contribution < -0.4 is 16.4 Å². The molecule has 0 radical (unpaired) electrons. The van der Waals surface area contributed by atoms with Crippen molar-refractivity contribution in [2.75, 3.05) is 10.6 Å². The first-order valence-corrected chi connectivity index (χ1v) is 14.2. The van der Waals surface area contributed by atoms with Crippen LogP contribution in [0, 0.1) is 6.92 Å². The second-order valence-electron chi connectivity index (χ2n) is 10.4. The van der Waals surface area contributed by atoms with E-state index >= 15 is 0 Å². The van der Waals surface area contributed by atoms with Crippen LogP contribution in [0.25, 0.3) is 16.5 Å². The molecular formula is C35H27N7O4. The number of rotatable bonds is 8. The first-order valence-electron chi connectivity index (χ1n) is 14.2. The van der Waals surface area contributed by atoms with Crippen LogP contribution >= 0.6 is 0 Å². The molecule has 46 heavy (non-hydrogen) atoms. The number of hydrogen-bond acceptors (Lipinski definition) is 7. The molecule has 0 unspecified atom stereocenters. The Morgan fingerprint density at radius 1 is 0.761 bits per heavy atom. The number of aromatic hydroxyl groups is 1. The van der Waals surface area contributed by atoms with Crippen molar-refractivity contribution in [1.82, 2.24) is 9.78 Å². The summed E-state index contributed by atoms with van der Waals surface area (Å²) in [5, 5.41) is 30.8. The van der Waals surface area contributed by atoms with Crippen LogP contribution in [0.5, 0.6) is 5.75 Å². The third-order valence-electron chi connectivity index (χ3n) is 7.19. The molecule has 0 saturated heterocycles. The number of anilines is 2. The minimum absolute atomic E-state index is 0.00411. The molecule has 1 heterocycles. The van der Waals surface area contributed by atoms with Crippen LogP contribution in [0.2, 0.25) is 0 Å². The molecule has 0 atom stereocenters. The maximum atomic E-state index is 13.4. The quantitative estimate of drug-likeness (QED) is 0.136. The van der Waals surface area contributed by atoms with Crippen molar-refractivity contribution in [2.24, 2.45) is 16.0 Å². The van der Waals surface area contributed by atoms with Gasteiger partial charge in [0.15, 0.2) is 11.6 Å². The number of aromatic nitrogens is 2. The molecule has 1 aromatic heterocycles. The monoisotopic (exact) mass is 609 g/mol. The molecule has 11 heteroatoms. The minimum atomic E-state index is -0.773. The van der Waals surface area contributed by atoms with Crippen LogP contribution in [0.4, 0.5) is 22.9 Å². The van der Waals surface area contributed by atoms with Gasteiger partial charge >= 0.3 is 0 Å². The highest BCUT2D eigenvalue weighted by Gasteiger charge is 2.21. The van der Waals surface area contributed by atoms with Crippen molar-refractivity contribution in [3.05, 3.63) is 138 Å². The number of para-hydroxylation sites is 2. The molecule has 226 valence electrons. The van der Waals surface area contributed by atoms with Gasteiger partial charge in [-0.05, 0) is 66.9 Å². The number of carbonyl (C=O) groups is 3. The molecule has 6 aromatic rings. The number of carbonyl (C=O) groups excluding carboxylic acids is 3. The molecule has 6 rings (SSSR count). The SMILES string of the molecule is Cc1ccc(NC(=O)c2ccc3c(N=Nc4c(C(N)=O)cnn4-c4ccccc4)c(O)c(C(=O)Nc4ccccc4)cc3c2)cc1. The van der Waals surface area contributed by atoms with Gasteiger partial charge in [-0.1, -0.05) is 60.2 Å². The molecule has 0 spiro atoms. The van der Waals surface area contributed by atoms with E-state index < -0.39 is 17.6 Å². The number of phenols is 1. The summed E-state index contributed by atoms with van der Waals surface area (Å²) in [6.07, 6.45) is 1.28. The summed E-state index contributed by atoms with van der Waals surface area (Å²) in [5.74, 6) is -2.17. The second-order valence-corrected chi connectivity index (χ2v) is 10.4. The Morgan fingerprint density at radius 2 is 1.41 bits per heavy atom. The van der Waals surface area contributed by atoms with Gasteiger partial charge in [-0.3, -0.25) is 14.4 Å². The fourth-order valence-electron chi connectivity index (χ4n) is 4.82. The number of fused-ring (bicyclic) bond motifs is 1. The molecule has 5 N–H and O–H groups in total. The average molecular weight is 610 g/mol. The topological polar surface area (TPSA) is 164 Å². The molecule has 0 aliphatic carbocycles. The summed E-state index contributed by atoms with van der Waals surface area (Å²) in [7, 11) is 0. The number of benzene rings is 5. The van der Waals surface area contributed by atoms with E-state index in [1.165, 1.54) is 16.9 Å². The van der Waals surface area contributed by atoms with E-state index in [-0.39, 0.29) is 28.5 Å². The van der Waals surface area contributed by atoms with E-state index in [1.807, 2.05) is 31.2 Å². The molecule has 0 fully saturated rings. The second kappa shape index (κ2) is 12.5. The number of nitrogens with zero attached hydrogens (tertiary/aromatic N) is 4. The smallest absolute Gasteiger partial charge is 0.259 e. The van der Waals surface area contributed by atoms with Crippen molar-refractivity contribution < 1.29 is 19.5 Å². The largest absolute Gasteiger partial charge is 0.505 e. The maximum Gasteiger partial charge on any atom is 0.259 e. The van der Waals surface area contributed by atoms with Gasteiger partial charge in [0.2, 0.25) is 0 Å². The van der Waals surface area contributed by atoms with Gasteiger partial charge in [-0.2, -0.15) is 5.10 Å². The fraction of sp³-hybridized carbons (Fsp3) is 0.0286.